The van der Waals surface area contributed by atoms with E-state index in [0.717, 1.165) is 24.4 Å². The summed E-state index contributed by atoms with van der Waals surface area (Å²) in [7, 11) is 0. The molecule has 0 bridgehead atoms. The molecule has 3 rings (SSSR count). The van der Waals surface area contributed by atoms with Gasteiger partial charge in [0.2, 0.25) is 5.91 Å². The zero-order valence-corrected chi connectivity index (χ0v) is 14.9. The van der Waals surface area contributed by atoms with Crippen molar-refractivity contribution in [2.75, 3.05) is 19.6 Å². The maximum atomic E-state index is 12.2. The summed E-state index contributed by atoms with van der Waals surface area (Å²) in [5.41, 5.74) is 0.943. The topological polar surface area (TPSA) is 45.5 Å². The molecular weight excluding hydrogens is 336 g/mol. The van der Waals surface area contributed by atoms with Gasteiger partial charge in [-0.1, -0.05) is 30.2 Å². The number of rotatable bonds is 6. The molecule has 25 heavy (non-hydrogen) atoms. The Morgan fingerprint density at radius 2 is 1.96 bits per heavy atom. The van der Waals surface area contributed by atoms with Gasteiger partial charge in [-0.2, -0.15) is 0 Å². The van der Waals surface area contributed by atoms with Gasteiger partial charge in [0.25, 0.3) is 0 Å². The van der Waals surface area contributed by atoms with Crippen LogP contribution in [-0.4, -0.2) is 30.4 Å². The van der Waals surface area contributed by atoms with E-state index in [2.05, 4.69) is 10.2 Å². The maximum Gasteiger partial charge on any atom is 0.244 e. The van der Waals surface area contributed by atoms with Crippen molar-refractivity contribution < 1.29 is 9.21 Å². The highest BCUT2D eigenvalue weighted by Crippen LogP contribution is 2.24. The Balaban J connectivity index is 1.58. The number of hydrogen-bond donors (Lipinski definition) is 1. The molecule has 132 valence electrons. The molecule has 0 radical (unpaired) electrons. The van der Waals surface area contributed by atoms with E-state index in [1.54, 1.807) is 18.4 Å². The first-order valence-electron chi connectivity index (χ1n) is 8.71. The third-order valence-electron chi connectivity index (χ3n) is 4.47. The molecule has 0 aliphatic carbocycles. The first-order chi connectivity index (χ1) is 12.2. The highest BCUT2D eigenvalue weighted by atomic mass is 35.5. The standard InChI is InChI=1S/C20H23ClN2O2/c21-17-9-6-16(7-10-17)8-11-20(24)22-15-18(19-5-4-14-25-19)23-12-2-1-3-13-23/h4-11,14,18H,1-3,12-13,15H2,(H,22,24)/b11-8+/t18-/m1/s1. The van der Waals surface area contributed by atoms with Crippen LogP contribution in [0.1, 0.15) is 36.6 Å². The van der Waals surface area contributed by atoms with Crippen molar-refractivity contribution in [1.82, 2.24) is 10.2 Å². The number of likely N-dealkylation sites (tertiary alicyclic amines) is 1. The lowest BCUT2D eigenvalue weighted by molar-refractivity contribution is -0.116. The summed E-state index contributed by atoms with van der Waals surface area (Å²) in [6.45, 7) is 2.63. The zero-order valence-electron chi connectivity index (χ0n) is 14.2. The van der Waals surface area contributed by atoms with Crippen LogP contribution in [0.15, 0.2) is 53.2 Å². The highest BCUT2D eigenvalue weighted by molar-refractivity contribution is 6.30. The lowest BCUT2D eigenvalue weighted by Gasteiger charge is -2.33. The Bertz CT molecular complexity index is 689. The Kier molecular flexibility index (Phi) is 6.31. The predicted molar refractivity (Wildman–Crippen MR) is 100 cm³/mol. The number of hydrogen-bond acceptors (Lipinski definition) is 3. The molecule has 1 fully saturated rings. The van der Waals surface area contributed by atoms with Crippen LogP contribution in [0.4, 0.5) is 0 Å². The SMILES string of the molecule is O=C(/C=C/c1ccc(Cl)cc1)NC[C@H](c1ccco1)N1CCCCC1. The van der Waals surface area contributed by atoms with Gasteiger partial charge in [0.05, 0.1) is 12.3 Å². The molecule has 4 nitrogen and oxygen atoms in total. The molecule has 1 aliphatic rings. The first-order valence-corrected chi connectivity index (χ1v) is 9.09. The minimum atomic E-state index is -0.108. The monoisotopic (exact) mass is 358 g/mol. The summed E-state index contributed by atoms with van der Waals surface area (Å²) in [5.74, 6) is 0.799. The lowest BCUT2D eigenvalue weighted by atomic mass is 10.1. The van der Waals surface area contributed by atoms with E-state index in [4.69, 9.17) is 16.0 Å². The third kappa shape index (κ3) is 5.21. The van der Waals surface area contributed by atoms with Crippen LogP contribution in [0.2, 0.25) is 5.02 Å². The zero-order chi connectivity index (χ0) is 17.5. The van der Waals surface area contributed by atoms with Gasteiger partial charge in [0.15, 0.2) is 0 Å². The Morgan fingerprint density at radius 3 is 2.64 bits per heavy atom. The molecule has 0 unspecified atom stereocenters. The predicted octanol–water partition coefficient (Wildman–Crippen LogP) is 4.29. The van der Waals surface area contributed by atoms with Gasteiger partial charge in [-0.3, -0.25) is 9.69 Å². The molecule has 2 aromatic rings. The Morgan fingerprint density at radius 1 is 1.20 bits per heavy atom. The van der Waals surface area contributed by atoms with Gasteiger partial charge in [-0.25, -0.2) is 0 Å². The van der Waals surface area contributed by atoms with E-state index in [-0.39, 0.29) is 11.9 Å². The fourth-order valence-electron chi connectivity index (χ4n) is 3.12. The fraction of sp³-hybridized carbons (Fsp3) is 0.350. The van der Waals surface area contributed by atoms with E-state index in [1.807, 2.05) is 36.4 Å². The van der Waals surface area contributed by atoms with E-state index in [1.165, 1.54) is 19.3 Å². The number of amides is 1. The van der Waals surface area contributed by atoms with Gasteiger partial charge in [-0.05, 0) is 61.8 Å². The summed E-state index contributed by atoms with van der Waals surface area (Å²) in [4.78, 5) is 14.6. The molecule has 1 aromatic carbocycles. The molecule has 1 atom stereocenters. The second-order valence-corrected chi connectivity index (χ2v) is 6.69. The molecule has 5 heteroatoms. The van der Waals surface area contributed by atoms with Gasteiger partial charge < -0.3 is 9.73 Å². The summed E-state index contributed by atoms with van der Waals surface area (Å²) < 4.78 is 5.60. The number of piperidine rings is 1. The number of nitrogens with one attached hydrogen (secondary N) is 1. The lowest BCUT2D eigenvalue weighted by Crippen LogP contribution is -2.40. The molecule has 1 saturated heterocycles. The second-order valence-electron chi connectivity index (χ2n) is 6.26. The average Bonchev–Trinajstić information content (AvgIpc) is 3.17. The van der Waals surface area contributed by atoms with Crippen LogP contribution < -0.4 is 5.32 Å². The largest absolute Gasteiger partial charge is 0.468 e. The normalized spacial score (nSPS) is 16.8. The summed E-state index contributed by atoms with van der Waals surface area (Å²) in [5, 5.41) is 3.68. The van der Waals surface area contributed by atoms with Gasteiger partial charge in [-0.15, -0.1) is 0 Å². The van der Waals surface area contributed by atoms with Crippen molar-refractivity contribution in [1.29, 1.82) is 0 Å². The molecular formula is C20H23ClN2O2. The minimum Gasteiger partial charge on any atom is -0.468 e. The second kappa shape index (κ2) is 8.88. The van der Waals surface area contributed by atoms with E-state index < -0.39 is 0 Å². The van der Waals surface area contributed by atoms with Gasteiger partial charge >= 0.3 is 0 Å². The molecule has 1 aliphatic heterocycles. The van der Waals surface area contributed by atoms with Crippen molar-refractivity contribution in [2.24, 2.45) is 0 Å². The van der Waals surface area contributed by atoms with E-state index >= 15 is 0 Å². The molecule has 1 N–H and O–H groups in total. The Hall–Kier alpha value is -2.04. The number of carbonyl (C=O) groups is 1. The van der Waals surface area contributed by atoms with Crippen molar-refractivity contribution in [3.8, 4) is 0 Å². The van der Waals surface area contributed by atoms with Crippen LogP contribution in [0.5, 0.6) is 0 Å². The van der Waals surface area contributed by atoms with Crippen LogP contribution in [0.25, 0.3) is 6.08 Å². The molecule has 1 amide bonds. The van der Waals surface area contributed by atoms with Crippen LogP contribution in [-0.2, 0) is 4.79 Å². The summed E-state index contributed by atoms with van der Waals surface area (Å²) >= 11 is 5.86. The van der Waals surface area contributed by atoms with Gasteiger partial charge in [0, 0.05) is 17.6 Å². The number of carbonyl (C=O) groups excluding carboxylic acids is 1. The molecule has 1 aromatic heterocycles. The first kappa shape index (κ1) is 17.8. The number of nitrogens with zero attached hydrogens (tertiary/aromatic N) is 1. The third-order valence-corrected chi connectivity index (χ3v) is 4.72. The smallest absolute Gasteiger partial charge is 0.244 e. The van der Waals surface area contributed by atoms with Crippen molar-refractivity contribution >= 4 is 23.6 Å². The van der Waals surface area contributed by atoms with Crippen LogP contribution >= 0.6 is 11.6 Å². The van der Waals surface area contributed by atoms with Crippen LogP contribution in [0.3, 0.4) is 0 Å². The van der Waals surface area contributed by atoms with Gasteiger partial charge in [0.1, 0.15) is 5.76 Å². The summed E-state index contributed by atoms with van der Waals surface area (Å²) in [6.07, 6.45) is 8.70. The highest BCUT2D eigenvalue weighted by Gasteiger charge is 2.24. The van der Waals surface area contributed by atoms with E-state index in [9.17, 15) is 4.79 Å². The number of halogens is 1. The quantitative estimate of drug-likeness (QED) is 0.783. The Labute approximate surface area is 153 Å². The maximum absolute atomic E-state index is 12.2. The average molecular weight is 359 g/mol. The van der Waals surface area contributed by atoms with Crippen molar-refractivity contribution in [2.45, 2.75) is 25.3 Å². The minimum absolute atomic E-state index is 0.0863. The number of furan rings is 1. The fourth-order valence-corrected chi connectivity index (χ4v) is 3.25. The molecule has 2 heterocycles. The van der Waals surface area contributed by atoms with Crippen molar-refractivity contribution in [3.05, 3.63) is 65.1 Å². The molecule has 0 spiro atoms. The number of benzene rings is 1. The summed E-state index contributed by atoms with van der Waals surface area (Å²) in [6, 6.07) is 11.3. The van der Waals surface area contributed by atoms with E-state index in [0.29, 0.717) is 11.6 Å². The van der Waals surface area contributed by atoms with Crippen molar-refractivity contribution in [3.63, 3.8) is 0 Å². The molecule has 0 saturated carbocycles. The van der Waals surface area contributed by atoms with Crippen LogP contribution in [0, 0.1) is 0 Å².